The molecule has 9 heteroatoms. The van der Waals surface area contributed by atoms with Crippen LogP contribution in [0.5, 0.6) is 0 Å². The van der Waals surface area contributed by atoms with Gasteiger partial charge in [-0.2, -0.15) is 5.10 Å². The summed E-state index contributed by atoms with van der Waals surface area (Å²) >= 11 is 5.97. The average Bonchev–Trinajstić information content (AvgIpc) is 3.00. The van der Waals surface area contributed by atoms with Gasteiger partial charge in [-0.1, -0.05) is 29.8 Å². The van der Waals surface area contributed by atoms with Gasteiger partial charge < -0.3 is 4.57 Å². The summed E-state index contributed by atoms with van der Waals surface area (Å²) in [5.41, 5.74) is 6.56. The highest BCUT2D eigenvalue weighted by molar-refractivity contribution is 7.92. The number of hydrazone groups is 1. The van der Waals surface area contributed by atoms with Crippen LogP contribution >= 0.6 is 11.6 Å². The van der Waals surface area contributed by atoms with Crippen molar-refractivity contribution < 1.29 is 13.2 Å². The molecular formula is C22H23ClN4O3S. The number of nitrogens with one attached hydrogen (secondary N) is 1. The number of nitrogens with zero attached hydrogens (tertiary/aromatic N) is 3. The van der Waals surface area contributed by atoms with E-state index in [1.807, 2.05) is 44.2 Å². The largest absolute Gasteiger partial charge is 0.318 e. The molecule has 1 heterocycles. The molecule has 0 aliphatic carbocycles. The lowest BCUT2D eigenvalue weighted by Gasteiger charge is -2.21. The third kappa shape index (κ3) is 5.53. The van der Waals surface area contributed by atoms with Crippen LogP contribution in [0.25, 0.3) is 5.69 Å². The second kappa shape index (κ2) is 9.36. The van der Waals surface area contributed by atoms with Gasteiger partial charge >= 0.3 is 0 Å². The van der Waals surface area contributed by atoms with E-state index in [0.717, 1.165) is 33.2 Å². The zero-order chi connectivity index (χ0) is 22.6. The third-order valence-corrected chi connectivity index (χ3v) is 6.07. The summed E-state index contributed by atoms with van der Waals surface area (Å²) < 4.78 is 27.3. The molecule has 1 amide bonds. The number of benzene rings is 2. The minimum atomic E-state index is -3.63. The van der Waals surface area contributed by atoms with Gasteiger partial charge in [0, 0.05) is 27.7 Å². The van der Waals surface area contributed by atoms with Gasteiger partial charge in [-0.25, -0.2) is 13.8 Å². The van der Waals surface area contributed by atoms with Crippen molar-refractivity contribution in [3.05, 3.63) is 82.6 Å². The van der Waals surface area contributed by atoms with E-state index >= 15 is 0 Å². The van der Waals surface area contributed by atoms with Crippen molar-refractivity contribution in [3.8, 4) is 5.69 Å². The predicted octanol–water partition coefficient (Wildman–Crippen LogP) is 3.66. The van der Waals surface area contributed by atoms with Gasteiger partial charge in [0.05, 0.1) is 18.2 Å². The summed E-state index contributed by atoms with van der Waals surface area (Å²) in [6, 6.07) is 17.9. The number of carbonyl (C=O) groups excluding carboxylic acids is 1. The summed E-state index contributed by atoms with van der Waals surface area (Å²) in [5, 5.41) is 4.67. The molecule has 0 unspecified atom stereocenters. The average molecular weight is 459 g/mol. The number of rotatable bonds is 7. The van der Waals surface area contributed by atoms with Crippen LogP contribution in [-0.4, -0.2) is 37.9 Å². The molecule has 162 valence electrons. The maximum absolute atomic E-state index is 12.3. The van der Waals surface area contributed by atoms with E-state index < -0.39 is 15.9 Å². The van der Waals surface area contributed by atoms with Gasteiger partial charge in [0.25, 0.3) is 5.91 Å². The van der Waals surface area contributed by atoms with Gasteiger partial charge in [0.1, 0.15) is 6.54 Å². The van der Waals surface area contributed by atoms with E-state index in [1.165, 1.54) is 0 Å². The maximum atomic E-state index is 12.3. The monoisotopic (exact) mass is 458 g/mol. The van der Waals surface area contributed by atoms with Crippen molar-refractivity contribution in [1.29, 1.82) is 0 Å². The fourth-order valence-corrected chi connectivity index (χ4v) is 4.22. The Labute approximate surface area is 187 Å². The predicted molar refractivity (Wildman–Crippen MR) is 125 cm³/mol. The number of halogens is 1. The van der Waals surface area contributed by atoms with Gasteiger partial charge in [0.15, 0.2) is 0 Å². The Hall–Kier alpha value is -3.10. The summed E-state index contributed by atoms with van der Waals surface area (Å²) in [5.74, 6) is -0.544. The molecule has 0 aliphatic heterocycles. The lowest BCUT2D eigenvalue weighted by atomic mass is 10.2. The lowest BCUT2D eigenvalue weighted by Crippen LogP contribution is -2.38. The fraction of sp³-hybridized carbons (Fsp3) is 0.182. The van der Waals surface area contributed by atoms with Crippen molar-refractivity contribution in [3.63, 3.8) is 0 Å². The summed E-state index contributed by atoms with van der Waals surface area (Å²) in [6.45, 7) is 3.55. The number of para-hydroxylation sites is 1. The zero-order valence-corrected chi connectivity index (χ0v) is 19.0. The van der Waals surface area contributed by atoms with E-state index in [9.17, 15) is 13.2 Å². The molecule has 2 aromatic carbocycles. The highest BCUT2D eigenvalue weighted by Gasteiger charge is 2.20. The van der Waals surface area contributed by atoms with Gasteiger partial charge in [-0.15, -0.1) is 0 Å². The normalized spacial score (nSPS) is 11.6. The number of aromatic nitrogens is 1. The summed E-state index contributed by atoms with van der Waals surface area (Å²) in [7, 11) is -3.63. The molecule has 3 aromatic rings. The Kier molecular flexibility index (Phi) is 6.82. The van der Waals surface area contributed by atoms with Crippen molar-refractivity contribution in [2.24, 2.45) is 5.10 Å². The van der Waals surface area contributed by atoms with E-state index in [4.69, 9.17) is 11.6 Å². The zero-order valence-electron chi connectivity index (χ0n) is 17.4. The second-order valence-electron chi connectivity index (χ2n) is 7.04. The Bertz CT molecular complexity index is 1200. The van der Waals surface area contributed by atoms with E-state index in [-0.39, 0.29) is 6.54 Å². The van der Waals surface area contributed by atoms with Gasteiger partial charge in [0.2, 0.25) is 10.0 Å². The Morgan fingerprint density at radius 2 is 1.77 bits per heavy atom. The minimum absolute atomic E-state index is 0.371. The van der Waals surface area contributed by atoms with E-state index in [0.29, 0.717) is 10.7 Å². The molecular weight excluding hydrogens is 436 g/mol. The SMILES string of the molecule is Cc1cc(/C=N\NC(=O)CN(c2ccccc2)S(C)(=O)=O)c(C)n1-c1ccc(Cl)cc1. The van der Waals surface area contributed by atoms with Crippen LogP contribution in [0, 0.1) is 13.8 Å². The number of hydrogen-bond acceptors (Lipinski definition) is 4. The first-order valence-electron chi connectivity index (χ1n) is 9.46. The quantitative estimate of drug-likeness (QED) is 0.433. The first-order valence-corrected chi connectivity index (χ1v) is 11.7. The molecule has 0 saturated carbocycles. The van der Waals surface area contributed by atoms with Crippen LogP contribution in [-0.2, 0) is 14.8 Å². The fourth-order valence-electron chi connectivity index (χ4n) is 3.24. The van der Waals surface area contributed by atoms with Crippen LogP contribution in [0.1, 0.15) is 17.0 Å². The maximum Gasteiger partial charge on any atom is 0.260 e. The molecule has 7 nitrogen and oxygen atoms in total. The number of hydrogen-bond donors (Lipinski definition) is 1. The molecule has 0 atom stereocenters. The van der Waals surface area contributed by atoms with Gasteiger partial charge in [-0.05, 0) is 56.3 Å². The Morgan fingerprint density at radius 3 is 2.39 bits per heavy atom. The van der Waals surface area contributed by atoms with E-state index in [1.54, 1.807) is 36.5 Å². The molecule has 0 saturated heterocycles. The Morgan fingerprint density at radius 1 is 1.13 bits per heavy atom. The highest BCUT2D eigenvalue weighted by atomic mass is 35.5. The van der Waals surface area contributed by atoms with Crippen LogP contribution in [0.4, 0.5) is 5.69 Å². The lowest BCUT2D eigenvalue weighted by molar-refractivity contribution is -0.119. The Balaban J connectivity index is 1.72. The molecule has 0 fully saturated rings. The molecule has 0 spiro atoms. The molecule has 1 aromatic heterocycles. The van der Waals surface area contributed by atoms with Gasteiger partial charge in [-0.3, -0.25) is 9.10 Å². The number of anilines is 1. The van der Waals surface area contributed by atoms with Crippen molar-refractivity contribution in [2.75, 3.05) is 17.1 Å². The number of amides is 1. The van der Waals surface area contributed by atoms with Crippen molar-refractivity contribution >= 4 is 39.4 Å². The van der Waals surface area contributed by atoms with Crippen LogP contribution < -0.4 is 9.73 Å². The molecule has 0 bridgehead atoms. The van der Waals surface area contributed by atoms with Crippen molar-refractivity contribution in [2.45, 2.75) is 13.8 Å². The standard InChI is InChI=1S/C22H23ClN4O3S/c1-16-13-18(17(2)27(16)21-11-9-19(23)10-12-21)14-24-25-22(28)15-26(31(3,29)30)20-7-5-4-6-8-20/h4-14H,15H2,1-3H3,(H,25,28)/b24-14-. The van der Waals surface area contributed by atoms with E-state index in [2.05, 4.69) is 15.1 Å². The molecule has 31 heavy (non-hydrogen) atoms. The summed E-state index contributed by atoms with van der Waals surface area (Å²) in [6.07, 6.45) is 2.60. The molecule has 0 aliphatic rings. The molecule has 3 rings (SSSR count). The number of aryl methyl sites for hydroxylation is 1. The van der Waals surface area contributed by atoms with Crippen molar-refractivity contribution in [1.82, 2.24) is 9.99 Å². The number of carbonyl (C=O) groups is 1. The first kappa shape index (κ1) is 22.6. The topological polar surface area (TPSA) is 83.8 Å². The second-order valence-corrected chi connectivity index (χ2v) is 9.38. The minimum Gasteiger partial charge on any atom is -0.318 e. The highest BCUT2D eigenvalue weighted by Crippen LogP contribution is 2.21. The summed E-state index contributed by atoms with van der Waals surface area (Å²) in [4.78, 5) is 12.3. The molecule has 0 radical (unpaired) electrons. The molecule has 1 N–H and O–H groups in total. The van der Waals surface area contributed by atoms with Crippen LogP contribution in [0.3, 0.4) is 0 Å². The smallest absolute Gasteiger partial charge is 0.260 e. The first-order chi connectivity index (χ1) is 14.7. The third-order valence-electron chi connectivity index (χ3n) is 4.68. The van der Waals surface area contributed by atoms with Crippen LogP contribution in [0.15, 0.2) is 65.8 Å². The number of sulfonamides is 1. The van der Waals surface area contributed by atoms with Crippen LogP contribution in [0.2, 0.25) is 5.02 Å².